The van der Waals surface area contributed by atoms with Crippen molar-refractivity contribution >= 4 is 12.4 Å². The normalized spacial score (nSPS) is 10.9. The molecule has 0 aliphatic heterocycles. The Balaban J connectivity index is 0.00000220. The zero-order chi connectivity index (χ0) is 14.8. The van der Waals surface area contributed by atoms with Crippen LogP contribution in [-0.4, -0.2) is 6.98 Å². The summed E-state index contributed by atoms with van der Waals surface area (Å²) in [5.41, 5.74) is 2.03. The van der Waals surface area contributed by atoms with Gasteiger partial charge < -0.3 is 17.7 Å². The van der Waals surface area contributed by atoms with Gasteiger partial charge in [-0.15, -0.1) is 5.46 Å². The van der Waals surface area contributed by atoms with E-state index >= 15 is 0 Å². The minimum Gasteiger partial charge on any atom is -0.489 e. The molecule has 0 heterocycles. The van der Waals surface area contributed by atoms with Gasteiger partial charge in [0.05, 0.1) is 0 Å². The van der Waals surface area contributed by atoms with Crippen LogP contribution in [0.15, 0.2) is 42.5 Å². The summed E-state index contributed by atoms with van der Waals surface area (Å²) in [6.45, 7) is -1.01. The van der Waals surface area contributed by atoms with E-state index in [4.69, 9.17) is 4.74 Å². The molecule has 0 radical (unpaired) electrons. The van der Waals surface area contributed by atoms with Gasteiger partial charge in [0.1, 0.15) is 12.4 Å². The minimum absolute atomic E-state index is 0. The van der Waals surface area contributed by atoms with E-state index in [-0.39, 0.29) is 51.4 Å². The van der Waals surface area contributed by atoms with Gasteiger partial charge in [-0.1, -0.05) is 36.4 Å². The van der Waals surface area contributed by atoms with Crippen LogP contribution in [-0.2, 0) is 6.61 Å². The Hall–Kier alpha value is -0.269. The number of rotatable bonds is 4. The molecule has 0 fully saturated rings. The third-order valence-electron chi connectivity index (χ3n) is 3.22. The Kier molecular flexibility index (Phi) is 7.00. The molecule has 0 saturated carbocycles. The molecular formula is C15H15BF3KO. The number of aryl methyl sites for hydroxylation is 2. The van der Waals surface area contributed by atoms with Gasteiger partial charge in [-0.2, -0.15) is 0 Å². The van der Waals surface area contributed by atoms with Crippen molar-refractivity contribution in [1.82, 2.24) is 0 Å². The fourth-order valence-electron chi connectivity index (χ4n) is 1.97. The molecule has 0 aliphatic carbocycles. The second-order valence-electron chi connectivity index (χ2n) is 4.81. The van der Waals surface area contributed by atoms with Gasteiger partial charge in [-0.3, -0.25) is 0 Å². The van der Waals surface area contributed by atoms with Crippen molar-refractivity contribution in [3.05, 3.63) is 59.2 Å². The summed E-state index contributed by atoms with van der Waals surface area (Å²) in [5.74, 6) is 0.483. The summed E-state index contributed by atoms with van der Waals surface area (Å²) in [5, 5.41) is 0. The molecular weight excluding hydrogens is 303 g/mol. The molecule has 106 valence electrons. The first-order valence-electron chi connectivity index (χ1n) is 6.36. The van der Waals surface area contributed by atoms with E-state index in [0.29, 0.717) is 17.9 Å². The monoisotopic (exact) mass is 318 g/mol. The van der Waals surface area contributed by atoms with E-state index in [2.05, 4.69) is 0 Å². The van der Waals surface area contributed by atoms with Crippen LogP contribution in [0.3, 0.4) is 0 Å². The molecule has 21 heavy (non-hydrogen) atoms. The van der Waals surface area contributed by atoms with Crippen molar-refractivity contribution in [3.63, 3.8) is 0 Å². The van der Waals surface area contributed by atoms with Gasteiger partial charge in [0, 0.05) is 0 Å². The second-order valence-corrected chi connectivity index (χ2v) is 4.81. The van der Waals surface area contributed by atoms with Crippen molar-refractivity contribution in [2.24, 2.45) is 0 Å². The van der Waals surface area contributed by atoms with Gasteiger partial charge in [-0.25, -0.2) is 0 Å². The topological polar surface area (TPSA) is 9.23 Å². The first-order chi connectivity index (χ1) is 9.38. The molecule has 2 aromatic carbocycles. The van der Waals surface area contributed by atoms with E-state index in [1.165, 1.54) is 6.07 Å². The van der Waals surface area contributed by atoms with Crippen molar-refractivity contribution in [3.8, 4) is 5.75 Å². The maximum atomic E-state index is 12.6. The molecule has 0 aromatic heterocycles. The number of benzene rings is 2. The summed E-state index contributed by atoms with van der Waals surface area (Å²) in [7, 11) is 0. The largest absolute Gasteiger partial charge is 1.00 e. The maximum Gasteiger partial charge on any atom is 1.00 e. The number of ether oxygens (including phenoxy) is 1. The van der Waals surface area contributed by atoms with Crippen LogP contribution in [0.2, 0.25) is 0 Å². The Morgan fingerprint density at radius 1 is 0.952 bits per heavy atom. The van der Waals surface area contributed by atoms with Crippen LogP contribution < -0.4 is 61.6 Å². The Bertz CT molecular complexity index is 614. The third-order valence-corrected chi connectivity index (χ3v) is 3.22. The van der Waals surface area contributed by atoms with E-state index in [9.17, 15) is 12.9 Å². The maximum absolute atomic E-state index is 12.6. The fourth-order valence-corrected chi connectivity index (χ4v) is 1.97. The average molecular weight is 318 g/mol. The Morgan fingerprint density at radius 3 is 2.19 bits per heavy atom. The summed E-state index contributed by atoms with van der Waals surface area (Å²) >= 11 is 0. The molecule has 0 unspecified atom stereocenters. The molecule has 0 spiro atoms. The first-order valence-corrected chi connectivity index (χ1v) is 6.36. The van der Waals surface area contributed by atoms with Gasteiger partial charge >= 0.3 is 58.4 Å². The Labute approximate surface area is 165 Å². The second kappa shape index (κ2) is 7.83. The molecule has 0 atom stereocenters. The molecule has 1 nitrogen and oxygen atoms in total. The smallest absolute Gasteiger partial charge is 0.489 e. The van der Waals surface area contributed by atoms with Crippen molar-refractivity contribution in [1.29, 1.82) is 0 Å². The molecule has 0 saturated heterocycles. The summed E-state index contributed by atoms with van der Waals surface area (Å²) in [6, 6.07) is 11.3. The molecule has 2 rings (SSSR count). The summed E-state index contributed by atoms with van der Waals surface area (Å²) < 4.78 is 43.5. The summed E-state index contributed by atoms with van der Waals surface area (Å²) in [6.07, 6.45) is 0. The molecule has 0 aliphatic rings. The zero-order valence-electron chi connectivity index (χ0n) is 12.4. The summed E-state index contributed by atoms with van der Waals surface area (Å²) in [4.78, 5) is 0. The predicted molar refractivity (Wildman–Crippen MR) is 75.4 cm³/mol. The standard InChI is InChI=1S/C15H15BF3O.K/c1-11-5-3-4-6-13(11)10-20-15-8-7-14(9-12(15)2)16(17,18)19;/h3-9H,10H2,1-2H3;/q-1;+1. The van der Waals surface area contributed by atoms with E-state index < -0.39 is 12.4 Å². The fraction of sp³-hybridized carbons (Fsp3) is 0.200. The Morgan fingerprint density at radius 2 is 1.62 bits per heavy atom. The molecule has 0 bridgehead atoms. The van der Waals surface area contributed by atoms with Crippen molar-refractivity contribution in [2.45, 2.75) is 20.5 Å². The third kappa shape index (κ3) is 5.14. The van der Waals surface area contributed by atoms with Crippen LogP contribution >= 0.6 is 0 Å². The molecule has 6 heteroatoms. The van der Waals surface area contributed by atoms with E-state index in [1.54, 1.807) is 6.92 Å². The number of halogens is 3. The average Bonchev–Trinajstić information content (AvgIpc) is 2.38. The molecule has 0 N–H and O–H groups in total. The van der Waals surface area contributed by atoms with Gasteiger partial charge in [0.2, 0.25) is 0 Å². The first kappa shape index (κ1) is 18.8. The molecule has 0 amide bonds. The van der Waals surface area contributed by atoms with E-state index in [1.807, 2.05) is 31.2 Å². The van der Waals surface area contributed by atoms with Crippen LogP contribution in [0.5, 0.6) is 5.75 Å². The van der Waals surface area contributed by atoms with Crippen molar-refractivity contribution < 1.29 is 69.1 Å². The zero-order valence-corrected chi connectivity index (χ0v) is 15.5. The van der Waals surface area contributed by atoms with Crippen LogP contribution in [0, 0.1) is 13.8 Å². The van der Waals surface area contributed by atoms with Gasteiger partial charge in [0.25, 0.3) is 0 Å². The van der Waals surface area contributed by atoms with Crippen LogP contribution in [0.4, 0.5) is 12.9 Å². The minimum atomic E-state index is -4.96. The number of hydrogen-bond acceptors (Lipinski definition) is 1. The van der Waals surface area contributed by atoms with Crippen LogP contribution in [0.1, 0.15) is 16.7 Å². The quantitative estimate of drug-likeness (QED) is 0.763. The SMILES string of the molecule is Cc1ccccc1COc1ccc([B-](F)(F)F)cc1C.[K+]. The van der Waals surface area contributed by atoms with E-state index in [0.717, 1.165) is 23.3 Å². The predicted octanol–water partition coefficient (Wildman–Crippen LogP) is 0.941. The van der Waals surface area contributed by atoms with Crippen molar-refractivity contribution in [2.75, 3.05) is 0 Å². The number of hydrogen-bond donors (Lipinski definition) is 0. The molecule has 2 aromatic rings. The van der Waals surface area contributed by atoms with Gasteiger partial charge in [0.15, 0.2) is 0 Å². The van der Waals surface area contributed by atoms with Crippen LogP contribution in [0.25, 0.3) is 0 Å². The van der Waals surface area contributed by atoms with Gasteiger partial charge in [-0.05, 0) is 36.6 Å².